The van der Waals surface area contributed by atoms with E-state index >= 15 is 0 Å². The van der Waals surface area contributed by atoms with Crippen molar-refractivity contribution in [3.05, 3.63) is 52.4 Å². The van der Waals surface area contributed by atoms with Gasteiger partial charge in [0.2, 0.25) is 0 Å². The van der Waals surface area contributed by atoms with Crippen LogP contribution in [0.25, 0.3) is 10.8 Å². The predicted molar refractivity (Wildman–Crippen MR) is 76.4 cm³/mol. The summed E-state index contributed by atoms with van der Waals surface area (Å²) in [6.45, 7) is 0.614. The molecule has 6 heteroatoms. The summed E-state index contributed by atoms with van der Waals surface area (Å²) in [4.78, 5) is 0.965. The molecule has 0 fully saturated rings. The van der Waals surface area contributed by atoms with Gasteiger partial charge in [-0.3, -0.25) is 0 Å². The second kappa shape index (κ2) is 5.42. The highest BCUT2D eigenvalue weighted by atomic mass is 35.5. The molecule has 4 nitrogen and oxygen atoms in total. The van der Waals surface area contributed by atoms with E-state index in [1.165, 1.54) is 0 Å². The minimum atomic E-state index is 0.415. The van der Waals surface area contributed by atoms with E-state index in [1.54, 1.807) is 11.3 Å². The molecule has 3 rings (SSSR count). The van der Waals surface area contributed by atoms with Crippen LogP contribution in [0.5, 0.6) is 0 Å². The van der Waals surface area contributed by atoms with Crippen molar-refractivity contribution < 1.29 is 4.42 Å². The molecule has 19 heavy (non-hydrogen) atoms. The maximum atomic E-state index is 5.83. The van der Waals surface area contributed by atoms with Crippen molar-refractivity contribution in [2.45, 2.75) is 6.54 Å². The molecule has 2 aromatic heterocycles. The first-order valence-electron chi connectivity index (χ1n) is 5.67. The molecule has 0 saturated heterocycles. The Morgan fingerprint density at radius 1 is 1.16 bits per heavy atom. The van der Waals surface area contributed by atoms with Crippen LogP contribution in [0.15, 0.2) is 46.2 Å². The maximum Gasteiger partial charge on any atom is 0.316 e. The third kappa shape index (κ3) is 2.94. The molecule has 0 spiro atoms. The summed E-state index contributed by atoms with van der Waals surface area (Å²) in [5.74, 6) is 0.536. The molecule has 0 aliphatic rings. The summed E-state index contributed by atoms with van der Waals surface area (Å²) in [6, 6.07) is 11.9. The third-order valence-electron chi connectivity index (χ3n) is 2.51. The van der Waals surface area contributed by atoms with E-state index in [0.717, 1.165) is 15.5 Å². The van der Waals surface area contributed by atoms with Crippen LogP contribution in [0.1, 0.15) is 5.56 Å². The summed E-state index contributed by atoms with van der Waals surface area (Å²) in [7, 11) is 0. The van der Waals surface area contributed by atoms with E-state index in [2.05, 4.69) is 15.5 Å². The van der Waals surface area contributed by atoms with Crippen molar-refractivity contribution in [1.29, 1.82) is 0 Å². The normalized spacial score (nSPS) is 10.6. The maximum absolute atomic E-state index is 5.83. The van der Waals surface area contributed by atoms with Gasteiger partial charge < -0.3 is 9.73 Å². The van der Waals surface area contributed by atoms with Crippen LogP contribution in [0.3, 0.4) is 0 Å². The summed E-state index contributed by atoms with van der Waals surface area (Å²) in [5, 5.41) is 13.7. The zero-order valence-corrected chi connectivity index (χ0v) is 11.4. The van der Waals surface area contributed by atoms with Crippen LogP contribution >= 0.6 is 22.9 Å². The Balaban J connectivity index is 1.66. The van der Waals surface area contributed by atoms with Gasteiger partial charge in [0.15, 0.2) is 0 Å². The molecular formula is C13H10ClN3OS. The lowest BCUT2D eigenvalue weighted by molar-refractivity contribution is 0.582. The molecule has 0 saturated carbocycles. The fourth-order valence-corrected chi connectivity index (χ4v) is 2.34. The Morgan fingerprint density at radius 2 is 2.00 bits per heavy atom. The van der Waals surface area contributed by atoms with E-state index in [0.29, 0.717) is 18.5 Å². The smallest absolute Gasteiger partial charge is 0.316 e. The lowest BCUT2D eigenvalue weighted by atomic mass is 10.2. The van der Waals surface area contributed by atoms with Crippen molar-refractivity contribution in [2.24, 2.45) is 0 Å². The standard InChI is InChI=1S/C13H10ClN3OS/c14-10-5-3-9(4-6-10)8-15-13-17-16-12(18-13)11-2-1-7-19-11/h1-7H,8H2,(H,15,17). The highest BCUT2D eigenvalue weighted by Gasteiger charge is 2.08. The molecule has 0 aliphatic carbocycles. The zero-order chi connectivity index (χ0) is 13.1. The first kappa shape index (κ1) is 12.2. The van der Waals surface area contributed by atoms with Gasteiger partial charge in [0.1, 0.15) is 0 Å². The van der Waals surface area contributed by atoms with Crippen LogP contribution in [0.2, 0.25) is 5.02 Å². The SMILES string of the molecule is Clc1ccc(CNc2nnc(-c3cccs3)o2)cc1. The molecule has 0 bridgehead atoms. The topological polar surface area (TPSA) is 51.0 Å². The molecule has 0 atom stereocenters. The van der Waals surface area contributed by atoms with Crippen molar-refractivity contribution in [3.8, 4) is 10.8 Å². The first-order valence-corrected chi connectivity index (χ1v) is 6.93. The van der Waals surface area contributed by atoms with Crippen LogP contribution in [-0.2, 0) is 6.54 Å². The number of anilines is 1. The number of aromatic nitrogens is 2. The minimum absolute atomic E-state index is 0.415. The molecule has 3 aromatic rings. The molecule has 1 N–H and O–H groups in total. The molecule has 0 radical (unpaired) electrons. The fraction of sp³-hybridized carbons (Fsp3) is 0.0769. The average molecular weight is 292 g/mol. The highest BCUT2D eigenvalue weighted by molar-refractivity contribution is 7.13. The van der Waals surface area contributed by atoms with E-state index in [-0.39, 0.29) is 0 Å². The number of nitrogens with zero attached hydrogens (tertiary/aromatic N) is 2. The van der Waals surface area contributed by atoms with Crippen molar-refractivity contribution >= 4 is 29.0 Å². The second-order valence-electron chi connectivity index (χ2n) is 3.87. The number of hydrogen-bond acceptors (Lipinski definition) is 5. The Kier molecular flexibility index (Phi) is 3.48. The number of halogens is 1. The van der Waals surface area contributed by atoms with Crippen molar-refractivity contribution in [2.75, 3.05) is 5.32 Å². The van der Waals surface area contributed by atoms with Gasteiger partial charge in [-0.05, 0) is 29.1 Å². The number of nitrogens with one attached hydrogen (secondary N) is 1. The third-order valence-corrected chi connectivity index (χ3v) is 3.62. The average Bonchev–Trinajstić information content (AvgIpc) is 3.09. The van der Waals surface area contributed by atoms with Crippen LogP contribution in [0, 0.1) is 0 Å². The molecule has 0 aliphatic heterocycles. The quantitative estimate of drug-likeness (QED) is 0.787. The van der Waals surface area contributed by atoms with Gasteiger partial charge in [-0.25, -0.2) is 0 Å². The van der Waals surface area contributed by atoms with Gasteiger partial charge >= 0.3 is 6.01 Å². The molecule has 96 valence electrons. The van der Waals surface area contributed by atoms with E-state index in [9.17, 15) is 0 Å². The molecule has 0 amide bonds. The number of thiophene rings is 1. The van der Waals surface area contributed by atoms with Gasteiger partial charge in [-0.15, -0.1) is 16.4 Å². The molecular weight excluding hydrogens is 282 g/mol. The summed E-state index contributed by atoms with van der Waals surface area (Å²) < 4.78 is 5.52. The predicted octanol–water partition coefficient (Wildman–Crippen LogP) is 4.06. The zero-order valence-electron chi connectivity index (χ0n) is 9.84. The highest BCUT2D eigenvalue weighted by Crippen LogP contribution is 2.24. The Bertz CT molecular complexity index is 649. The summed E-state index contributed by atoms with van der Waals surface area (Å²) in [6.07, 6.45) is 0. The van der Waals surface area contributed by atoms with Gasteiger partial charge in [0.25, 0.3) is 5.89 Å². The molecule has 0 unspecified atom stereocenters. The Morgan fingerprint density at radius 3 is 2.74 bits per heavy atom. The van der Waals surface area contributed by atoms with Crippen LogP contribution in [0.4, 0.5) is 6.01 Å². The van der Waals surface area contributed by atoms with Crippen LogP contribution < -0.4 is 5.32 Å². The molecule has 2 heterocycles. The Hall–Kier alpha value is -1.85. The van der Waals surface area contributed by atoms with Gasteiger partial charge in [0.05, 0.1) is 4.88 Å². The lowest BCUT2D eigenvalue weighted by Gasteiger charge is -2.01. The first-order chi connectivity index (χ1) is 9.31. The van der Waals surface area contributed by atoms with Gasteiger partial charge in [0, 0.05) is 11.6 Å². The van der Waals surface area contributed by atoms with Crippen LogP contribution in [-0.4, -0.2) is 10.2 Å². The van der Waals surface area contributed by atoms with E-state index in [1.807, 2.05) is 41.8 Å². The Labute approximate surface area is 119 Å². The van der Waals surface area contributed by atoms with Crippen molar-refractivity contribution in [1.82, 2.24) is 10.2 Å². The second-order valence-corrected chi connectivity index (χ2v) is 5.25. The van der Waals surface area contributed by atoms with E-state index in [4.69, 9.17) is 16.0 Å². The van der Waals surface area contributed by atoms with Crippen molar-refractivity contribution in [3.63, 3.8) is 0 Å². The van der Waals surface area contributed by atoms with E-state index < -0.39 is 0 Å². The minimum Gasteiger partial charge on any atom is -0.403 e. The molecule has 1 aromatic carbocycles. The fourth-order valence-electron chi connectivity index (χ4n) is 1.57. The van der Waals surface area contributed by atoms with Gasteiger partial charge in [-0.1, -0.05) is 34.9 Å². The number of hydrogen-bond donors (Lipinski definition) is 1. The number of benzene rings is 1. The monoisotopic (exact) mass is 291 g/mol. The summed E-state index contributed by atoms with van der Waals surface area (Å²) in [5.41, 5.74) is 1.10. The number of rotatable bonds is 4. The van der Waals surface area contributed by atoms with Gasteiger partial charge in [-0.2, -0.15) is 0 Å². The summed E-state index contributed by atoms with van der Waals surface area (Å²) >= 11 is 7.40. The lowest BCUT2D eigenvalue weighted by Crippen LogP contribution is -1.99. The largest absolute Gasteiger partial charge is 0.403 e.